The number of hydrogen-bond donors (Lipinski definition) is 1. The van der Waals surface area contributed by atoms with Crippen molar-refractivity contribution >= 4 is 11.8 Å². The lowest BCUT2D eigenvalue weighted by Gasteiger charge is -2.17. The highest BCUT2D eigenvalue weighted by molar-refractivity contribution is 5.81. The van der Waals surface area contributed by atoms with Crippen LogP contribution in [0.5, 0.6) is 5.75 Å². The summed E-state index contributed by atoms with van der Waals surface area (Å²) in [5, 5.41) is 17.9. The van der Waals surface area contributed by atoms with Gasteiger partial charge in [0, 0.05) is 11.8 Å². The molecule has 0 aliphatic carbocycles. The molecule has 16 heavy (non-hydrogen) atoms. The molecule has 6 nitrogen and oxygen atoms in total. The minimum atomic E-state index is 0.401. The number of aromatic nitrogens is 3. The van der Waals surface area contributed by atoms with Crippen LogP contribution < -0.4 is 10.3 Å². The topological polar surface area (TPSA) is 75.0 Å². The van der Waals surface area contributed by atoms with Crippen molar-refractivity contribution in [2.45, 2.75) is 0 Å². The molecule has 2 aromatic rings. The van der Waals surface area contributed by atoms with Gasteiger partial charge in [-0.15, -0.1) is 5.10 Å². The molecule has 2 heterocycles. The van der Waals surface area contributed by atoms with Gasteiger partial charge in [-0.2, -0.15) is 0 Å². The van der Waals surface area contributed by atoms with Gasteiger partial charge in [-0.3, -0.25) is 4.85 Å². The lowest BCUT2D eigenvalue weighted by atomic mass is 10.1. The summed E-state index contributed by atoms with van der Waals surface area (Å²) in [6.07, 6.45) is 3.12. The highest BCUT2D eigenvalue weighted by Crippen LogP contribution is 2.26. The summed E-state index contributed by atoms with van der Waals surface area (Å²) in [5.41, 5.74) is 4.70. The van der Waals surface area contributed by atoms with Gasteiger partial charge in [-0.25, -0.2) is 5.48 Å². The predicted molar refractivity (Wildman–Crippen MR) is 56.9 cm³/mol. The van der Waals surface area contributed by atoms with E-state index in [4.69, 9.17) is 4.84 Å². The lowest BCUT2D eigenvalue weighted by molar-refractivity contribution is 0.249. The van der Waals surface area contributed by atoms with Crippen LogP contribution >= 0.6 is 0 Å². The lowest BCUT2D eigenvalue weighted by Crippen LogP contribution is -2.20. The van der Waals surface area contributed by atoms with E-state index in [1.165, 1.54) is 6.20 Å². The molecule has 1 N–H and O–H groups in total. The Hall–Kier alpha value is -2.50. The maximum Gasteiger partial charge on any atom is 0.162 e. The molecule has 1 aromatic heterocycles. The van der Waals surface area contributed by atoms with Crippen LogP contribution in [0.15, 0.2) is 30.5 Å². The highest BCUT2D eigenvalue weighted by atomic mass is 16.6. The van der Waals surface area contributed by atoms with Gasteiger partial charge in [0.1, 0.15) is 11.4 Å². The van der Waals surface area contributed by atoms with Gasteiger partial charge in [0.15, 0.2) is 5.75 Å². The molecule has 1 aliphatic heterocycles. The summed E-state index contributed by atoms with van der Waals surface area (Å²) in [4.78, 5) is 5.70. The van der Waals surface area contributed by atoms with E-state index < -0.39 is 0 Å². The van der Waals surface area contributed by atoms with E-state index in [0.717, 1.165) is 11.3 Å². The molecule has 0 atom stereocenters. The fourth-order valence-corrected chi connectivity index (χ4v) is 1.49. The Bertz CT molecular complexity index is 561. The largest absolute Gasteiger partial charge is 0.789 e. The van der Waals surface area contributed by atoms with Crippen molar-refractivity contribution in [3.63, 3.8) is 0 Å². The SMILES string of the molecule is [O-]n1cc(C2=Cc3ccccc3ON2)nn1. The fourth-order valence-electron chi connectivity index (χ4n) is 1.49. The maximum atomic E-state index is 10.8. The number of rotatable bonds is 1. The molecule has 0 bridgehead atoms. The summed E-state index contributed by atoms with van der Waals surface area (Å²) in [6, 6.07) is 7.55. The van der Waals surface area contributed by atoms with Crippen LogP contribution in [0.25, 0.3) is 11.8 Å². The third-order valence-electron chi connectivity index (χ3n) is 2.24. The standard InChI is InChI=1S/C10H7N4O2/c15-14-6-9(11-13-14)8-5-7-3-1-2-4-10(7)16-12-8/h1-6,12H/q-1. The minimum absolute atomic E-state index is 0.401. The zero-order valence-electron chi connectivity index (χ0n) is 8.12. The second kappa shape index (κ2) is 3.27. The third-order valence-corrected chi connectivity index (χ3v) is 2.24. The molecule has 0 saturated heterocycles. The zero-order chi connectivity index (χ0) is 11.0. The van der Waals surface area contributed by atoms with Gasteiger partial charge in [0.2, 0.25) is 0 Å². The number of para-hydroxylation sites is 1. The first-order valence-corrected chi connectivity index (χ1v) is 4.67. The molecule has 80 valence electrons. The summed E-state index contributed by atoms with van der Waals surface area (Å²) in [7, 11) is 0. The first kappa shape index (κ1) is 8.78. The van der Waals surface area contributed by atoms with E-state index >= 15 is 0 Å². The minimum Gasteiger partial charge on any atom is -0.789 e. The van der Waals surface area contributed by atoms with E-state index in [9.17, 15) is 5.21 Å². The maximum absolute atomic E-state index is 10.8. The van der Waals surface area contributed by atoms with Crippen molar-refractivity contribution in [1.29, 1.82) is 0 Å². The smallest absolute Gasteiger partial charge is 0.162 e. The Morgan fingerprint density at radius 1 is 1.31 bits per heavy atom. The molecule has 0 saturated carbocycles. The third kappa shape index (κ3) is 1.36. The van der Waals surface area contributed by atoms with Gasteiger partial charge in [0.25, 0.3) is 0 Å². The molecule has 6 heteroatoms. The molecule has 0 amide bonds. The van der Waals surface area contributed by atoms with Gasteiger partial charge < -0.3 is 10.0 Å². The van der Waals surface area contributed by atoms with Crippen LogP contribution in [-0.2, 0) is 0 Å². The monoisotopic (exact) mass is 215 g/mol. The summed E-state index contributed by atoms with van der Waals surface area (Å²) in [6.45, 7) is 0. The quantitative estimate of drug-likeness (QED) is 0.768. The second-order valence-electron chi connectivity index (χ2n) is 3.31. The number of nitrogens with one attached hydrogen (secondary N) is 1. The highest BCUT2D eigenvalue weighted by Gasteiger charge is 2.13. The fraction of sp³-hybridized carbons (Fsp3) is 0. The molecule has 0 fully saturated rings. The Balaban J connectivity index is 2.03. The molecular formula is C10H7N4O2-. The molecule has 0 radical (unpaired) electrons. The molecule has 1 aliphatic rings. The van der Waals surface area contributed by atoms with Crippen LogP contribution in [0.1, 0.15) is 11.3 Å². The first-order valence-electron chi connectivity index (χ1n) is 4.67. The number of hydrogen-bond acceptors (Lipinski definition) is 5. The van der Waals surface area contributed by atoms with Gasteiger partial charge in [0.05, 0.1) is 0 Å². The molecule has 3 rings (SSSR count). The van der Waals surface area contributed by atoms with Crippen molar-refractivity contribution in [3.8, 4) is 5.75 Å². The molecule has 0 unspecified atom stereocenters. The van der Waals surface area contributed by atoms with E-state index in [1.807, 2.05) is 30.3 Å². The Kier molecular flexibility index (Phi) is 1.79. The van der Waals surface area contributed by atoms with Gasteiger partial charge in [-0.05, 0) is 12.1 Å². The molecule has 0 spiro atoms. The van der Waals surface area contributed by atoms with E-state index in [-0.39, 0.29) is 0 Å². The van der Waals surface area contributed by atoms with Crippen LogP contribution in [0.3, 0.4) is 0 Å². The van der Waals surface area contributed by atoms with Crippen LogP contribution in [0, 0.1) is 5.21 Å². The van der Waals surface area contributed by atoms with E-state index in [0.29, 0.717) is 16.2 Å². The summed E-state index contributed by atoms with van der Waals surface area (Å²) >= 11 is 0. The van der Waals surface area contributed by atoms with Crippen molar-refractivity contribution in [1.82, 2.24) is 20.6 Å². The van der Waals surface area contributed by atoms with Crippen LogP contribution in [-0.4, -0.2) is 15.2 Å². The van der Waals surface area contributed by atoms with Gasteiger partial charge in [-0.1, -0.05) is 23.4 Å². The Labute approximate surface area is 90.7 Å². The first-order chi connectivity index (χ1) is 7.83. The van der Waals surface area contributed by atoms with Gasteiger partial charge >= 0.3 is 0 Å². The molecular weight excluding hydrogens is 208 g/mol. The van der Waals surface area contributed by atoms with E-state index in [2.05, 4.69) is 15.8 Å². The van der Waals surface area contributed by atoms with Crippen LogP contribution in [0.4, 0.5) is 0 Å². The zero-order valence-corrected chi connectivity index (χ0v) is 8.12. The van der Waals surface area contributed by atoms with Crippen molar-refractivity contribution in [2.75, 3.05) is 0 Å². The van der Waals surface area contributed by atoms with Crippen molar-refractivity contribution < 1.29 is 4.84 Å². The van der Waals surface area contributed by atoms with Crippen molar-refractivity contribution in [3.05, 3.63) is 46.9 Å². The van der Waals surface area contributed by atoms with Crippen LogP contribution in [0.2, 0.25) is 0 Å². The van der Waals surface area contributed by atoms with Crippen molar-refractivity contribution in [2.24, 2.45) is 0 Å². The number of fused-ring (bicyclic) bond motifs is 1. The number of benzene rings is 1. The second-order valence-corrected chi connectivity index (χ2v) is 3.31. The average molecular weight is 215 g/mol. The molecule has 1 aromatic carbocycles. The number of nitrogens with zero attached hydrogens (tertiary/aromatic N) is 3. The summed E-state index contributed by atoms with van der Waals surface area (Å²) < 4.78 is 0. The number of hydroxylamine groups is 1. The average Bonchev–Trinajstić information content (AvgIpc) is 2.75. The van der Waals surface area contributed by atoms with E-state index in [1.54, 1.807) is 0 Å². The summed E-state index contributed by atoms with van der Waals surface area (Å²) in [5.74, 6) is 0.737. The normalized spacial score (nSPS) is 13.4. The Morgan fingerprint density at radius 3 is 3.00 bits per heavy atom. The Morgan fingerprint density at radius 2 is 2.19 bits per heavy atom. The predicted octanol–water partition coefficient (Wildman–Crippen LogP) is 1.02.